The van der Waals surface area contributed by atoms with Crippen LogP contribution in [-0.4, -0.2) is 58.6 Å². The minimum atomic E-state index is -4.59. The SMILES string of the molecule is O=C(Cn1c2c(c(=O)n3nc(Br)nc13)C1(CC2)CCN(C(=O)c2ncccc2O)C2CC21)Nc1ccc(C(F)(F)F)cc1Cl. The van der Waals surface area contributed by atoms with Gasteiger partial charge in [-0.1, -0.05) is 11.6 Å². The van der Waals surface area contributed by atoms with E-state index in [4.69, 9.17) is 11.6 Å². The number of pyridine rings is 1. The van der Waals surface area contributed by atoms with Crippen molar-refractivity contribution >= 4 is 50.8 Å². The van der Waals surface area contributed by atoms with Gasteiger partial charge in [0.2, 0.25) is 16.4 Å². The normalized spacial score (nSPS) is 22.2. The van der Waals surface area contributed by atoms with Crippen molar-refractivity contribution in [3.63, 3.8) is 0 Å². The van der Waals surface area contributed by atoms with Gasteiger partial charge in [0.25, 0.3) is 11.5 Å². The van der Waals surface area contributed by atoms with Crippen LogP contribution in [0.25, 0.3) is 5.78 Å². The van der Waals surface area contributed by atoms with E-state index in [1.54, 1.807) is 15.5 Å². The van der Waals surface area contributed by atoms with E-state index < -0.39 is 23.1 Å². The van der Waals surface area contributed by atoms with Crippen molar-refractivity contribution in [2.45, 2.75) is 49.9 Å². The van der Waals surface area contributed by atoms with E-state index in [1.165, 1.54) is 12.3 Å². The van der Waals surface area contributed by atoms with E-state index in [-0.39, 0.29) is 62.6 Å². The predicted molar refractivity (Wildman–Crippen MR) is 153 cm³/mol. The molecule has 3 atom stereocenters. The Hall–Kier alpha value is -3.98. The highest BCUT2D eigenvalue weighted by Gasteiger charge is 2.63. The molecule has 1 saturated carbocycles. The van der Waals surface area contributed by atoms with Crippen molar-refractivity contribution in [2.75, 3.05) is 11.9 Å². The maximum Gasteiger partial charge on any atom is 0.416 e. The Labute approximate surface area is 259 Å². The Kier molecular flexibility index (Phi) is 6.55. The number of hydrogen-bond acceptors (Lipinski definition) is 7. The minimum Gasteiger partial charge on any atom is -0.505 e. The Bertz CT molecular complexity index is 1950. The third-order valence-electron chi connectivity index (χ3n) is 8.92. The molecular weight excluding hydrogens is 671 g/mol. The smallest absolute Gasteiger partial charge is 0.416 e. The monoisotopic (exact) mass is 691 g/mol. The molecule has 2 N–H and O–H groups in total. The van der Waals surface area contributed by atoms with Crippen molar-refractivity contribution < 1.29 is 27.9 Å². The van der Waals surface area contributed by atoms with Crippen molar-refractivity contribution in [1.29, 1.82) is 0 Å². The Morgan fingerprint density at radius 2 is 2.02 bits per heavy atom. The molecule has 11 nitrogen and oxygen atoms in total. The number of halogens is 5. The molecule has 7 rings (SSSR count). The molecule has 4 aromatic rings. The highest BCUT2D eigenvalue weighted by Crippen LogP contribution is 2.60. The third-order valence-corrected chi connectivity index (χ3v) is 9.57. The number of piperidine rings is 1. The van der Waals surface area contributed by atoms with Gasteiger partial charge in [0.05, 0.1) is 16.3 Å². The topological polar surface area (TPSA) is 135 Å². The molecule has 3 unspecified atom stereocenters. The van der Waals surface area contributed by atoms with Gasteiger partial charge in [0, 0.05) is 35.5 Å². The lowest BCUT2D eigenvalue weighted by molar-refractivity contribution is -0.137. The number of carbonyl (C=O) groups excluding carboxylic acids is 2. The standard InChI is InChI=1S/C28H22BrClF3N7O4/c29-25-36-26-39(12-20(42)35-16-4-3-13(10-15(16)30)28(31,32)33)17-5-6-27(21(17)23(43)40(26)37-25)7-9-38(18-11-14(18)27)24(44)22-19(41)2-1-8-34-22/h1-4,8,10,14,18,41H,5-7,9,11-12H2,(H,35,42). The number of carbonyl (C=O) groups is 2. The van der Waals surface area contributed by atoms with Crippen LogP contribution in [0.3, 0.4) is 0 Å². The van der Waals surface area contributed by atoms with E-state index >= 15 is 0 Å². The zero-order valence-corrected chi connectivity index (χ0v) is 24.9. The fourth-order valence-electron chi connectivity index (χ4n) is 6.96. The molecule has 44 heavy (non-hydrogen) atoms. The van der Waals surface area contributed by atoms with Crippen molar-refractivity contribution in [3.8, 4) is 5.75 Å². The van der Waals surface area contributed by atoms with E-state index in [1.807, 2.05) is 0 Å². The summed E-state index contributed by atoms with van der Waals surface area (Å²) in [5.41, 5.74) is -0.692. The number of likely N-dealkylation sites (tertiary alicyclic amines) is 1. The molecule has 228 valence electrons. The summed E-state index contributed by atoms with van der Waals surface area (Å²) in [6, 6.07) is 5.47. The number of benzene rings is 1. The van der Waals surface area contributed by atoms with Crippen molar-refractivity contribution in [3.05, 3.63) is 79.2 Å². The molecule has 0 bridgehead atoms. The summed E-state index contributed by atoms with van der Waals surface area (Å²) >= 11 is 9.27. The second-order valence-electron chi connectivity index (χ2n) is 11.2. The predicted octanol–water partition coefficient (Wildman–Crippen LogP) is 4.18. The average Bonchev–Trinajstić information content (AvgIpc) is 3.56. The zero-order chi connectivity index (χ0) is 31.1. The number of amides is 2. The molecule has 2 amide bonds. The van der Waals surface area contributed by atoms with E-state index in [2.05, 4.69) is 36.3 Å². The van der Waals surface area contributed by atoms with Gasteiger partial charge in [0.15, 0.2) is 5.69 Å². The molecule has 2 aliphatic carbocycles. The molecule has 0 radical (unpaired) electrons. The second kappa shape index (κ2) is 10.0. The molecule has 1 saturated heterocycles. The van der Waals surface area contributed by atoms with Gasteiger partial charge in [-0.15, -0.1) is 5.10 Å². The Morgan fingerprint density at radius 1 is 1.23 bits per heavy atom. The Morgan fingerprint density at radius 3 is 2.75 bits per heavy atom. The molecule has 3 aliphatic rings. The van der Waals surface area contributed by atoms with Crippen LogP contribution >= 0.6 is 27.5 Å². The highest BCUT2D eigenvalue weighted by molar-refractivity contribution is 9.10. The van der Waals surface area contributed by atoms with Crippen LogP contribution in [0.4, 0.5) is 18.9 Å². The van der Waals surface area contributed by atoms with E-state index in [0.29, 0.717) is 43.5 Å². The number of anilines is 1. The number of nitrogens with zero attached hydrogens (tertiary/aromatic N) is 6. The largest absolute Gasteiger partial charge is 0.505 e. The van der Waals surface area contributed by atoms with E-state index in [0.717, 1.165) is 22.7 Å². The molecule has 1 aliphatic heterocycles. The molecule has 1 spiro atoms. The van der Waals surface area contributed by atoms with Crippen LogP contribution in [-0.2, 0) is 29.4 Å². The zero-order valence-electron chi connectivity index (χ0n) is 22.6. The number of nitrogens with one attached hydrogen (secondary N) is 1. The van der Waals surface area contributed by atoms with Crippen molar-refractivity contribution in [1.82, 2.24) is 29.0 Å². The van der Waals surface area contributed by atoms with Gasteiger partial charge in [-0.25, -0.2) is 4.98 Å². The quantitative estimate of drug-likeness (QED) is 0.328. The first-order valence-electron chi connectivity index (χ1n) is 13.7. The molecule has 1 aromatic carbocycles. The maximum atomic E-state index is 13.9. The maximum absolute atomic E-state index is 13.9. The summed E-state index contributed by atoms with van der Waals surface area (Å²) < 4.78 is 42.1. The van der Waals surface area contributed by atoms with Gasteiger partial charge in [-0.2, -0.15) is 22.7 Å². The van der Waals surface area contributed by atoms with Gasteiger partial charge < -0.3 is 19.9 Å². The third kappa shape index (κ3) is 4.47. The molecule has 3 aromatic heterocycles. The molecule has 2 fully saturated rings. The van der Waals surface area contributed by atoms with Crippen LogP contribution < -0.4 is 10.9 Å². The fraction of sp³-hybridized carbons (Fsp3) is 0.357. The number of aromatic nitrogens is 5. The molecule has 4 heterocycles. The first-order valence-corrected chi connectivity index (χ1v) is 14.9. The average molecular weight is 693 g/mol. The lowest BCUT2D eigenvalue weighted by Gasteiger charge is -2.39. The highest BCUT2D eigenvalue weighted by atomic mass is 79.9. The first-order chi connectivity index (χ1) is 20.9. The number of aromatic hydroxyl groups is 1. The number of rotatable bonds is 4. The van der Waals surface area contributed by atoms with Crippen LogP contribution in [0.1, 0.15) is 46.6 Å². The summed E-state index contributed by atoms with van der Waals surface area (Å²) in [4.78, 5) is 50.5. The van der Waals surface area contributed by atoms with Crippen LogP contribution in [0, 0.1) is 5.92 Å². The summed E-state index contributed by atoms with van der Waals surface area (Å²) in [5, 5.41) is 16.7. The van der Waals surface area contributed by atoms with Crippen LogP contribution in [0.15, 0.2) is 46.1 Å². The van der Waals surface area contributed by atoms with Crippen molar-refractivity contribution in [2.24, 2.45) is 5.92 Å². The lowest BCUT2D eigenvalue weighted by atomic mass is 9.73. The van der Waals surface area contributed by atoms with Crippen LogP contribution in [0.2, 0.25) is 5.02 Å². The lowest BCUT2D eigenvalue weighted by Crippen LogP contribution is -2.48. The number of alkyl halides is 3. The summed E-state index contributed by atoms with van der Waals surface area (Å²) in [6.45, 7) is 0.0449. The molecular formula is C28H22BrClF3N7O4. The van der Waals surface area contributed by atoms with Crippen LogP contribution in [0.5, 0.6) is 5.75 Å². The van der Waals surface area contributed by atoms with Gasteiger partial charge in [-0.05, 0) is 77.9 Å². The van der Waals surface area contributed by atoms with Gasteiger partial charge >= 0.3 is 6.18 Å². The number of hydrogen-bond donors (Lipinski definition) is 2. The summed E-state index contributed by atoms with van der Waals surface area (Å²) in [5.74, 6) is -1.02. The van der Waals surface area contributed by atoms with Gasteiger partial charge in [0.1, 0.15) is 12.3 Å². The molecule has 16 heteroatoms. The van der Waals surface area contributed by atoms with Gasteiger partial charge in [-0.3, -0.25) is 14.4 Å². The Balaban J connectivity index is 1.21. The second-order valence-corrected chi connectivity index (χ2v) is 12.3. The summed E-state index contributed by atoms with van der Waals surface area (Å²) in [7, 11) is 0. The van der Waals surface area contributed by atoms with E-state index in [9.17, 15) is 32.7 Å². The first kappa shape index (κ1) is 28.8. The number of fused-ring (bicyclic) bond motifs is 5. The fourth-order valence-corrected chi connectivity index (χ4v) is 7.50. The minimum absolute atomic E-state index is 0.00861. The summed E-state index contributed by atoms with van der Waals surface area (Å²) in [6.07, 6.45) is -0.889.